The summed E-state index contributed by atoms with van der Waals surface area (Å²) in [5.41, 5.74) is 7.72. The number of rotatable bonds is 2. The molecule has 0 saturated heterocycles. The van der Waals surface area contributed by atoms with Crippen molar-refractivity contribution in [3.63, 3.8) is 0 Å². The lowest BCUT2D eigenvalue weighted by Crippen LogP contribution is -2.23. The van der Waals surface area contributed by atoms with Crippen LogP contribution in [0.5, 0.6) is 0 Å². The van der Waals surface area contributed by atoms with Gasteiger partial charge >= 0.3 is 5.97 Å². The first-order chi connectivity index (χ1) is 9.70. The lowest BCUT2D eigenvalue weighted by atomic mass is 10.1. The molecular weight excluding hydrogens is 306 g/mol. The number of thiophene rings is 1. The fourth-order valence-electron chi connectivity index (χ4n) is 1.90. The summed E-state index contributed by atoms with van der Waals surface area (Å²) < 4.78 is 5.40. The highest BCUT2D eigenvalue weighted by molar-refractivity contribution is 7.18. The zero-order valence-corrected chi connectivity index (χ0v) is 14.1. The van der Waals surface area contributed by atoms with Gasteiger partial charge in [0.2, 0.25) is 0 Å². The van der Waals surface area contributed by atoms with E-state index in [0.29, 0.717) is 15.6 Å². The van der Waals surface area contributed by atoms with E-state index >= 15 is 0 Å². The standard InChI is InChI=1S/C16H18ClNO2S/c1-9-12(18)14(15(19)20-16(2,3)4)21-13(9)10-7-5-6-8-11(10)17/h5-8H,18H2,1-4H3. The first-order valence-corrected chi connectivity index (χ1v) is 7.77. The van der Waals surface area contributed by atoms with Gasteiger partial charge in [-0.3, -0.25) is 0 Å². The van der Waals surface area contributed by atoms with Gasteiger partial charge in [0.1, 0.15) is 10.5 Å². The van der Waals surface area contributed by atoms with Gasteiger partial charge in [-0.25, -0.2) is 4.79 Å². The Morgan fingerprint density at radius 2 is 1.90 bits per heavy atom. The van der Waals surface area contributed by atoms with Crippen molar-refractivity contribution in [2.24, 2.45) is 0 Å². The van der Waals surface area contributed by atoms with Crippen molar-refractivity contribution in [3.05, 3.63) is 39.7 Å². The monoisotopic (exact) mass is 323 g/mol. The molecular formula is C16H18ClNO2S. The number of benzene rings is 1. The van der Waals surface area contributed by atoms with E-state index in [1.807, 2.05) is 52.0 Å². The van der Waals surface area contributed by atoms with Crippen LogP contribution in [-0.2, 0) is 4.74 Å². The SMILES string of the molecule is Cc1c(-c2ccccc2Cl)sc(C(=O)OC(C)(C)C)c1N. The van der Waals surface area contributed by atoms with Gasteiger partial charge in [0.15, 0.2) is 0 Å². The fraction of sp³-hybridized carbons (Fsp3) is 0.312. The molecule has 21 heavy (non-hydrogen) atoms. The lowest BCUT2D eigenvalue weighted by Gasteiger charge is -2.19. The number of carbonyl (C=O) groups excluding carboxylic acids is 1. The summed E-state index contributed by atoms with van der Waals surface area (Å²) >= 11 is 7.55. The molecule has 0 aliphatic heterocycles. The van der Waals surface area contributed by atoms with E-state index in [1.165, 1.54) is 11.3 Å². The number of carbonyl (C=O) groups is 1. The Balaban J connectivity index is 2.47. The van der Waals surface area contributed by atoms with Gasteiger partial charge in [-0.05, 0) is 39.3 Å². The molecule has 5 heteroatoms. The molecule has 2 N–H and O–H groups in total. The summed E-state index contributed by atoms with van der Waals surface area (Å²) in [6, 6.07) is 7.51. The van der Waals surface area contributed by atoms with Crippen LogP contribution in [0.25, 0.3) is 10.4 Å². The quantitative estimate of drug-likeness (QED) is 0.798. The second-order valence-corrected chi connectivity index (χ2v) is 7.21. The molecule has 1 aromatic heterocycles. The van der Waals surface area contributed by atoms with Crippen molar-refractivity contribution in [2.45, 2.75) is 33.3 Å². The molecule has 1 aromatic carbocycles. The van der Waals surface area contributed by atoms with E-state index in [1.54, 1.807) is 0 Å². The summed E-state index contributed by atoms with van der Waals surface area (Å²) in [7, 11) is 0. The number of nitrogen functional groups attached to an aromatic ring is 1. The molecule has 0 radical (unpaired) electrons. The van der Waals surface area contributed by atoms with Gasteiger partial charge < -0.3 is 10.5 Å². The predicted octanol–water partition coefficient (Wildman–Crippen LogP) is 4.91. The highest BCUT2D eigenvalue weighted by atomic mass is 35.5. The van der Waals surface area contributed by atoms with Crippen molar-refractivity contribution in [1.29, 1.82) is 0 Å². The van der Waals surface area contributed by atoms with E-state index in [-0.39, 0.29) is 0 Å². The minimum atomic E-state index is -0.550. The van der Waals surface area contributed by atoms with Crippen LogP contribution < -0.4 is 5.73 Å². The van der Waals surface area contributed by atoms with Gasteiger partial charge in [-0.2, -0.15) is 0 Å². The van der Waals surface area contributed by atoms with Crippen LogP contribution in [0, 0.1) is 6.92 Å². The topological polar surface area (TPSA) is 52.3 Å². The molecule has 0 unspecified atom stereocenters. The summed E-state index contributed by atoms with van der Waals surface area (Å²) in [6.07, 6.45) is 0. The Morgan fingerprint density at radius 3 is 2.48 bits per heavy atom. The largest absolute Gasteiger partial charge is 0.456 e. The van der Waals surface area contributed by atoms with E-state index in [4.69, 9.17) is 22.1 Å². The molecule has 3 nitrogen and oxygen atoms in total. The summed E-state index contributed by atoms with van der Waals surface area (Å²) in [5.74, 6) is -0.397. The maximum absolute atomic E-state index is 12.2. The maximum Gasteiger partial charge on any atom is 0.351 e. The molecule has 112 valence electrons. The Hall–Kier alpha value is -1.52. The molecule has 0 spiro atoms. The zero-order chi connectivity index (χ0) is 15.8. The van der Waals surface area contributed by atoms with Crippen molar-refractivity contribution < 1.29 is 9.53 Å². The zero-order valence-electron chi connectivity index (χ0n) is 12.5. The molecule has 0 saturated carbocycles. The number of halogens is 1. The minimum absolute atomic E-state index is 0.397. The van der Waals surface area contributed by atoms with Gasteiger partial charge in [0.25, 0.3) is 0 Å². The van der Waals surface area contributed by atoms with Gasteiger partial charge in [0, 0.05) is 15.5 Å². The summed E-state index contributed by atoms with van der Waals surface area (Å²) in [5, 5.41) is 0.637. The normalized spacial score (nSPS) is 11.5. The van der Waals surface area contributed by atoms with Crippen LogP contribution in [0.3, 0.4) is 0 Å². The predicted molar refractivity (Wildman–Crippen MR) is 89.1 cm³/mol. The molecule has 2 aromatic rings. The van der Waals surface area contributed by atoms with Gasteiger partial charge in [-0.15, -0.1) is 11.3 Å². The van der Waals surface area contributed by atoms with Crippen LogP contribution >= 0.6 is 22.9 Å². The van der Waals surface area contributed by atoms with E-state index in [2.05, 4.69) is 0 Å². The number of anilines is 1. The molecule has 0 aliphatic carbocycles. The number of ether oxygens (including phenoxy) is 1. The second-order valence-electron chi connectivity index (χ2n) is 5.78. The van der Waals surface area contributed by atoms with Crippen molar-refractivity contribution in [2.75, 3.05) is 5.73 Å². The van der Waals surface area contributed by atoms with Crippen molar-refractivity contribution >= 4 is 34.6 Å². The molecule has 1 heterocycles. The highest BCUT2D eigenvalue weighted by Crippen LogP contribution is 2.41. The van der Waals surface area contributed by atoms with E-state index in [0.717, 1.165) is 16.0 Å². The third-order valence-electron chi connectivity index (χ3n) is 2.90. The Labute approximate surface area is 133 Å². The minimum Gasteiger partial charge on any atom is -0.456 e. The third kappa shape index (κ3) is 3.39. The average Bonchev–Trinajstić information content (AvgIpc) is 2.65. The summed E-state index contributed by atoms with van der Waals surface area (Å²) in [4.78, 5) is 13.6. The third-order valence-corrected chi connectivity index (χ3v) is 4.55. The van der Waals surface area contributed by atoms with Crippen LogP contribution in [-0.4, -0.2) is 11.6 Å². The molecule has 2 rings (SSSR count). The van der Waals surface area contributed by atoms with Crippen molar-refractivity contribution in [1.82, 2.24) is 0 Å². The van der Waals surface area contributed by atoms with Gasteiger partial charge in [-0.1, -0.05) is 29.8 Å². The van der Waals surface area contributed by atoms with Crippen LogP contribution in [0.15, 0.2) is 24.3 Å². The van der Waals surface area contributed by atoms with Crippen molar-refractivity contribution in [3.8, 4) is 10.4 Å². The molecule has 0 amide bonds. The van der Waals surface area contributed by atoms with E-state index in [9.17, 15) is 4.79 Å². The number of hydrogen-bond acceptors (Lipinski definition) is 4. The number of hydrogen-bond donors (Lipinski definition) is 1. The smallest absolute Gasteiger partial charge is 0.351 e. The van der Waals surface area contributed by atoms with Crippen LogP contribution in [0.4, 0.5) is 5.69 Å². The Morgan fingerprint density at radius 1 is 1.29 bits per heavy atom. The second kappa shape index (κ2) is 5.70. The summed E-state index contributed by atoms with van der Waals surface area (Å²) in [6.45, 7) is 7.38. The van der Waals surface area contributed by atoms with Gasteiger partial charge in [0.05, 0.1) is 5.69 Å². The molecule has 0 bridgehead atoms. The average molecular weight is 324 g/mol. The highest BCUT2D eigenvalue weighted by Gasteiger charge is 2.25. The van der Waals surface area contributed by atoms with E-state index < -0.39 is 11.6 Å². The molecule has 0 aliphatic rings. The number of nitrogens with two attached hydrogens (primary N) is 1. The Kier molecular flexibility index (Phi) is 4.30. The first kappa shape index (κ1) is 15.9. The van der Waals surface area contributed by atoms with Crippen LogP contribution in [0.2, 0.25) is 5.02 Å². The Bertz CT molecular complexity index is 686. The van der Waals surface area contributed by atoms with Crippen LogP contribution in [0.1, 0.15) is 36.0 Å². The molecule has 0 atom stereocenters. The maximum atomic E-state index is 12.2. The fourth-order valence-corrected chi connectivity index (χ4v) is 3.33. The molecule has 0 fully saturated rings. The lowest BCUT2D eigenvalue weighted by molar-refractivity contribution is 0.00763. The first-order valence-electron chi connectivity index (χ1n) is 6.58. The number of esters is 1.